The quantitative estimate of drug-likeness (QED) is 0.810. The molecule has 2 aromatic carbocycles. The lowest BCUT2D eigenvalue weighted by Gasteiger charge is -2.10. The number of para-hydroxylation sites is 1. The van der Waals surface area contributed by atoms with Crippen LogP contribution in [0.4, 0.5) is 11.4 Å². The first-order valence-electron chi connectivity index (χ1n) is 8.11. The number of ether oxygens (including phenoxy) is 2. The first-order chi connectivity index (χ1) is 12.5. The van der Waals surface area contributed by atoms with E-state index in [0.717, 1.165) is 0 Å². The lowest BCUT2D eigenvalue weighted by atomic mass is 10.2. The van der Waals surface area contributed by atoms with Crippen LogP contribution in [0.25, 0.3) is 0 Å². The smallest absolute Gasteiger partial charge is 0.228 e. The number of benzene rings is 2. The number of hydrogen-bond acceptors (Lipinski definition) is 4. The Morgan fingerprint density at radius 3 is 2.27 bits per heavy atom. The van der Waals surface area contributed by atoms with Crippen molar-refractivity contribution in [3.63, 3.8) is 0 Å². The lowest BCUT2D eigenvalue weighted by Crippen LogP contribution is -2.20. The molecule has 1 aliphatic carbocycles. The van der Waals surface area contributed by atoms with Gasteiger partial charge in [0.1, 0.15) is 0 Å². The second-order valence-corrected chi connectivity index (χ2v) is 6.38. The molecule has 1 fully saturated rings. The number of carbonyl (C=O) groups is 2. The minimum atomic E-state index is -0.356. The van der Waals surface area contributed by atoms with Gasteiger partial charge < -0.3 is 20.1 Å². The summed E-state index contributed by atoms with van der Waals surface area (Å²) in [5.41, 5.74) is 1.13. The molecular formula is C19H19ClN2O4. The highest BCUT2D eigenvalue weighted by Crippen LogP contribution is 2.41. The van der Waals surface area contributed by atoms with E-state index in [1.165, 1.54) is 7.11 Å². The third-order valence-corrected chi connectivity index (χ3v) is 4.58. The first-order valence-corrected chi connectivity index (χ1v) is 8.49. The number of nitrogens with one attached hydrogen (secondary N) is 2. The van der Waals surface area contributed by atoms with Crippen LogP contribution >= 0.6 is 11.6 Å². The highest BCUT2D eigenvalue weighted by molar-refractivity contribution is 6.33. The van der Waals surface area contributed by atoms with E-state index in [4.69, 9.17) is 21.1 Å². The predicted octanol–water partition coefficient (Wildman–Crippen LogP) is 3.57. The zero-order chi connectivity index (χ0) is 18.7. The summed E-state index contributed by atoms with van der Waals surface area (Å²) < 4.78 is 10.4. The molecule has 1 saturated carbocycles. The Labute approximate surface area is 156 Å². The van der Waals surface area contributed by atoms with Crippen molar-refractivity contribution < 1.29 is 19.1 Å². The van der Waals surface area contributed by atoms with Crippen molar-refractivity contribution in [2.75, 3.05) is 24.9 Å². The average molecular weight is 375 g/mol. The molecule has 3 rings (SSSR count). The molecule has 2 atom stereocenters. The molecule has 2 aromatic rings. The van der Waals surface area contributed by atoms with E-state index in [1.807, 2.05) is 0 Å². The van der Waals surface area contributed by atoms with Gasteiger partial charge >= 0.3 is 0 Å². The van der Waals surface area contributed by atoms with Gasteiger partial charge in [0.25, 0.3) is 0 Å². The maximum absolute atomic E-state index is 12.4. The van der Waals surface area contributed by atoms with Crippen LogP contribution in [0.5, 0.6) is 11.5 Å². The molecule has 7 heteroatoms. The van der Waals surface area contributed by atoms with Crippen molar-refractivity contribution >= 4 is 34.8 Å². The minimum Gasteiger partial charge on any atom is -0.493 e. The van der Waals surface area contributed by atoms with Crippen molar-refractivity contribution in [3.8, 4) is 11.5 Å². The van der Waals surface area contributed by atoms with E-state index in [1.54, 1.807) is 49.6 Å². The summed E-state index contributed by atoms with van der Waals surface area (Å²) in [6, 6.07) is 12.1. The predicted molar refractivity (Wildman–Crippen MR) is 99.9 cm³/mol. The number of anilines is 2. The number of carbonyl (C=O) groups excluding carboxylic acids is 2. The second-order valence-electron chi connectivity index (χ2n) is 5.98. The summed E-state index contributed by atoms with van der Waals surface area (Å²) in [6.45, 7) is 0. The molecule has 0 heterocycles. The summed E-state index contributed by atoms with van der Waals surface area (Å²) in [5.74, 6) is -0.0119. The third-order valence-electron chi connectivity index (χ3n) is 4.25. The van der Waals surface area contributed by atoms with Gasteiger partial charge in [-0.15, -0.1) is 0 Å². The topological polar surface area (TPSA) is 76.7 Å². The molecule has 1 aliphatic rings. The fourth-order valence-electron chi connectivity index (χ4n) is 2.71. The lowest BCUT2D eigenvalue weighted by molar-refractivity contribution is -0.122. The molecule has 0 saturated heterocycles. The first kappa shape index (κ1) is 18.1. The Balaban J connectivity index is 1.59. The number of amides is 2. The summed E-state index contributed by atoms with van der Waals surface area (Å²) in [6.07, 6.45) is 0.509. The highest BCUT2D eigenvalue weighted by Gasteiger charge is 2.48. The Morgan fingerprint density at radius 2 is 1.62 bits per heavy atom. The van der Waals surface area contributed by atoms with Gasteiger partial charge in [0.2, 0.25) is 11.8 Å². The zero-order valence-corrected chi connectivity index (χ0v) is 15.2. The van der Waals surface area contributed by atoms with E-state index in [-0.39, 0.29) is 23.7 Å². The maximum Gasteiger partial charge on any atom is 0.228 e. The standard InChI is InChI=1S/C19H19ClN2O4/c1-25-16-8-7-11(9-17(16)26-2)21-18(23)12-10-13(12)19(24)22-15-6-4-3-5-14(15)20/h3-9,12-13H,10H2,1-2H3,(H,21,23)(H,22,24). The fraction of sp³-hybridized carbons (Fsp3) is 0.263. The van der Waals surface area contributed by atoms with Crippen LogP contribution in [0, 0.1) is 11.8 Å². The Bertz CT molecular complexity index is 840. The van der Waals surface area contributed by atoms with E-state index in [2.05, 4.69) is 10.6 Å². The normalized spacial score (nSPS) is 18.0. The summed E-state index contributed by atoms with van der Waals surface area (Å²) in [4.78, 5) is 24.7. The van der Waals surface area contributed by atoms with Crippen LogP contribution in [0.15, 0.2) is 42.5 Å². The molecule has 2 unspecified atom stereocenters. The van der Waals surface area contributed by atoms with E-state index >= 15 is 0 Å². The zero-order valence-electron chi connectivity index (χ0n) is 14.4. The van der Waals surface area contributed by atoms with E-state index in [0.29, 0.717) is 34.3 Å². The van der Waals surface area contributed by atoms with Crippen LogP contribution in [0.3, 0.4) is 0 Å². The van der Waals surface area contributed by atoms with Gasteiger partial charge in [0.15, 0.2) is 11.5 Å². The molecule has 0 bridgehead atoms. The van der Waals surface area contributed by atoms with Gasteiger partial charge in [-0.25, -0.2) is 0 Å². The Morgan fingerprint density at radius 1 is 0.962 bits per heavy atom. The average Bonchev–Trinajstić information content (AvgIpc) is 3.44. The van der Waals surface area contributed by atoms with Crippen LogP contribution in [-0.2, 0) is 9.59 Å². The molecule has 6 nitrogen and oxygen atoms in total. The second kappa shape index (κ2) is 7.66. The van der Waals surface area contributed by atoms with Gasteiger partial charge in [-0.05, 0) is 30.7 Å². The molecule has 2 amide bonds. The monoisotopic (exact) mass is 374 g/mol. The van der Waals surface area contributed by atoms with E-state index < -0.39 is 0 Å². The van der Waals surface area contributed by atoms with Gasteiger partial charge in [-0.3, -0.25) is 9.59 Å². The van der Waals surface area contributed by atoms with Crippen LogP contribution in [-0.4, -0.2) is 26.0 Å². The van der Waals surface area contributed by atoms with Crippen molar-refractivity contribution in [1.29, 1.82) is 0 Å². The maximum atomic E-state index is 12.4. The summed E-state index contributed by atoms with van der Waals surface area (Å²) in [7, 11) is 3.07. The molecular weight excluding hydrogens is 356 g/mol. The van der Waals surface area contributed by atoms with Crippen molar-refractivity contribution in [3.05, 3.63) is 47.5 Å². The minimum absolute atomic E-state index is 0.198. The number of methoxy groups -OCH3 is 2. The molecule has 2 N–H and O–H groups in total. The largest absolute Gasteiger partial charge is 0.493 e. The van der Waals surface area contributed by atoms with Crippen molar-refractivity contribution in [2.24, 2.45) is 11.8 Å². The van der Waals surface area contributed by atoms with Crippen LogP contribution < -0.4 is 20.1 Å². The molecule has 0 radical (unpaired) electrons. The van der Waals surface area contributed by atoms with Crippen LogP contribution in [0.1, 0.15) is 6.42 Å². The Kier molecular flexibility index (Phi) is 5.32. The SMILES string of the molecule is COc1ccc(NC(=O)C2CC2C(=O)Nc2ccccc2Cl)cc1OC. The van der Waals surface area contributed by atoms with Crippen molar-refractivity contribution in [1.82, 2.24) is 0 Å². The Hall–Kier alpha value is -2.73. The summed E-state index contributed by atoms with van der Waals surface area (Å²) >= 11 is 6.04. The third kappa shape index (κ3) is 3.91. The van der Waals surface area contributed by atoms with Crippen LogP contribution in [0.2, 0.25) is 5.02 Å². The molecule has 0 aromatic heterocycles. The number of hydrogen-bond donors (Lipinski definition) is 2. The van der Waals surface area contributed by atoms with Gasteiger partial charge in [-0.2, -0.15) is 0 Å². The van der Waals surface area contributed by atoms with Gasteiger partial charge in [-0.1, -0.05) is 23.7 Å². The number of rotatable bonds is 6. The molecule has 136 valence electrons. The molecule has 26 heavy (non-hydrogen) atoms. The van der Waals surface area contributed by atoms with E-state index in [9.17, 15) is 9.59 Å². The highest BCUT2D eigenvalue weighted by atomic mass is 35.5. The molecule has 0 aliphatic heterocycles. The fourth-order valence-corrected chi connectivity index (χ4v) is 2.89. The molecule has 0 spiro atoms. The number of halogens is 1. The van der Waals surface area contributed by atoms with Gasteiger partial charge in [0, 0.05) is 11.8 Å². The van der Waals surface area contributed by atoms with Gasteiger partial charge in [0.05, 0.1) is 36.8 Å². The summed E-state index contributed by atoms with van der Waals surface area (Å²) in [5, 5.41) is 6.04. The van der Waals surface area contributed by atoms with Crippen molar-refractivity contribution in [2.45, 2.75) is 6.42 Å².